The van der Waals surface area contributed by atoms with Crippen molar-refractivity contribution in [1.82, 2.24) is 4.90 Å². The van der Waals surface area contributed by atoms with Gasteiger partial charge >= 0.3 is 0 Å². The normalized spacial score (nSPS) is 10.1. The number of benzene rings is 2. The van der Waals surface area contributed by atoms with Gasteiger partial charge in [-0.15, -0.1) is 0 Å². The standard InChI is InChI=1S/C18H22N2O2S/c1-13-7-5-9-15(11-13)19-18(23)20(2)12-14-8-6-10-16(21-3)17(14)22-4/h5-11H,12H2,1-4H3,(H,19,23). The largest absolute Gasteiger partial charge is 0.493 e. The molecule has 0 amide bonds. The van der Waals surface area contributed by atoms with Crippen molar-refractivity contribution in [2.75, 3.05) is 26.6 Å². The Labute approximate surface area is 143 Å². The Balaban J connectivity index is 2.09. The molecule has 0 heterocycles. The van der Waals surface area contributed by atoms with Gasteiger partial charge in [0.05, 0.1) is 14.2 Å². The molecule has 0 bridgehead atoms. The van der Waals surface area contributed by atoms with Crippen LogP contribution in [0.15, 0.2) is 42.5 Å². The summed E-state index contributed by atoms with van der Waals surface area (Å²) in [6, 6.07) is 14.0. The minimum Gasteiger partial charge on any atom is -0.493 e. The van der Waals surface area contributed by atoms with Crippen molar-refractivity contribution in [1.29, 1.82) is 0 Å². The van der Waals surface area contributed by atoms with Crippen molar-refractivity contribution in [2.24, 2.45) is 0 Å². The summed E-state index contributed by atoms with van der Waals surface area (Å²) >= 11 is 5.48. The second kappa shape index (κ2) is 7.83. The molecular formula is C18H22N2O2S. The highest BCUT2D eigenvalue weighted by atomic mass is 32.1. The Morgan fingerprint density at radius 1 is 1.13 bits per heavy atom. The fourth-order valence-electron chi connectivity index (χ4n) is 2.35. The number of nitrogens with one attached hydrogen (secondary N) is 1. The third-order valence-corrected chi connectivity index (χ3v) is 3.92. The number of hydrogen-bond acceptors (Lipinski definition) is 3. The van der Waals surface area contributed by atoms with Gasteiger partial charge < -0.3 is 19.7 Å². The van der Waals surface area contributed by atoms with Gasteiger partial charge in [0.15, 0.2) is 16.6 Å². The van der Waals surface area contributed by atoms with E-state index in [1.54, 1.807) is 14.2 Å². The van der Waals surface area contributed by atoms with E-state index < -0.39 is 0 Å². The van der Waals surface area contributed by atoms with Crippen LogP contribution in [0.5, 0.6) is 11.5 Å². The molecule has 0 aliphatic carbocycles. The maximum absolute atomic E-state index is 5.48. The van der Waals surface area contributed by atoms with Gasteiger partial charge in [-0.25, -0.2) is 0 Å². The van der Waals surface area contributed by atoms with Crippen LogP contribution in [0, 0.1) is 6.92 Å². The second-order valence-electron chi connectivity index (χ2n) is 5.31. The number of para-hydroxylation sites is 1. The lowest BCUT2D eigenvalue weighted by atomic mass is 10.1. The zero-order chi connectivity index (χ0) is 16.8. The highest BCUT2D eigenvalue weighted by Crippen LogP contribution is 2.31. The number of nitrogens with zero attached hydrogens (tertiary/aromatic N) is 1. The molecule has 0 aliphatic heterocycles. The molecule has 2 aromatic carbocycles. The van der Waals surface area contributed by atoms with E-state index in [2.05, 4.69) is 24.4 Å². The average Bonchev–Trinajstić information content (AvgIpc) is 2.54. The Kier molecular flexibility index (Phi) is 5.82. The summed E-state index contributed by atoms with van der Waals surface area (Å²) in [7, 11) is 5.23. The molecule has 0 spiro atoms. The molecule has 0 saturated heterocycles. The summed E-state index contributed by atoms with van der Waals surface area (Å²) in [6.45, 7) is 2.68. The molecule has 5 heteroatoms. The Hall–Kier alpha value is -2.27. The van der Waals surface area contributed by atoms with Crippen LogP contribution in [0.4, 0.5) is 5.69 Å². The lowest BCUT2D eigenvalue weighted by molar-refractivity contribution is 0.347. The van der Waals surface area contributed by atoms with Crippen molar-refractivity contribution in [3.05, 3.63) is 53.6 Å². The molecule has 2 aromatic rings. The second-order valence-corrected chi connectivity index (χ2v) is 5.70. The lowest BCUT2D eigenvalue weighted by Gasteiger charge is -2.23. The summed E-state index contributed by atoms with van der Waals surface area (Å²) < 4.78 is 10.8. The van der Waals surface area contributed by atoms with Crippen LogP contribution in [-0.4, -0.2) is 31.3 Å². The minimum absolute atomic E-state index is 0.623. The molecule has 0 radical (unpaired) electrons. The number of rotatable bonds is 5. The number of ether oxygens (including phenoxy) is 2. The van der Waals surface area contributed by atoms with Gasteiger partial charge in [0.1, 0.15) is 0 Å². The van der Waals surface area contributed by atoms with E-state index in [1.807, 2.05) is 42.3 Å². The van der Waals surface area contributed by atoms with Crippen molar-refractivity contribution >= 4 is 23.0 Å². The van der Waals surface area contributed by atoms with Crippen molar-refractivity contribution in [3.8, 4) is 11.5 Å². The zero-order valence-corrected chi connectivity index (χ0v) is 14.7. The molecule has 0 aliphatic rings. The average molecular weight is 330 g/mol. The highest BCUT2D eigenvalue weighted by molar-refractivity contribution is 7.80. The van der Waals surface area contributed by atoms with E-state index in [0.717, 1.165) is 22.7 Å². The van der Waals surface area contributed by atoms with Gasteiger partial charge in [0, 0.05) is 24.8 Å². The smallest absolute Gasteiger partial charge is 0.173 e. The number of aryl methyl sites for hydroxylation is 1. The number of anilines is 1. The van der Waals surface area contributed by atoms with Gasteiger partial charge in [-0.3, -0.25) is 0 Å². The number of methoxy groups -OCH3 is 2. The fourth-order valence-corrected chi connectivity index (χ4v) is 2.53. The van der Waals surface area contributed by atoms with Crippen LogP contribution >= 0.6 is 12.2 Å². The molecular weight excluding hydrogens is 308 g/mol. The van der Waals surface area contributed by atoms with Gasteiger partial charge in [-0.05, 0) is 42.9 Å². The summed E-state index contributed by atoms with van der Waals surface area (Å²) in [6.07, 6.45) is 0. The predicted octanol–water partition coefficient (Wildman–Crippen LogP) is 3.84. The molecule has 0 unspecified atom stereocenters. The van der Waals surface area contributed by atoms with Crippen LogP contribution in [0.25, 0.3) is 0 Å². The topological polar surface area (TPSA) is 33.7 Å². The van der Waals surface area contributed by atoms with Crippen LogP contribution in [0.3, 0.4) is 0 Å². The van der Waals surface area contributed by atoms with Gasteiger partial charge in [0.25, 0.3) is 0 Å². The Morgan fingerprint density at radius 2 is 1.87 bits per heavy atom. The third-order valence-electron chi connectivity index (χ3n) is 3.51. The maximum Gasteiger partial charge on any atom is 0.173 e. The SMILES string of the molecule is COc1cccc(CN(C)C(=S)Nc2cccc(C)c2)c1OC. The molecule has 4 nitrogen and oxygen atoms in total. The first-order chi connectivity index (χ1) is 11.0. The van der Waals surface area contributed by atoms with E-state index in [4.69, 9.17) is 21.7 Å². The van der Waals surface area contributed by atoms with Crippen molar-refractivity contribution < 1.29 is 9.47 Å². The summed E-state index contributed by atoms with van der Waals surface area (Å²) in [5, 5.41) is 3.91. The van der Waals surface area contributed by atoms with Gasteiger partial charge in [-0.1, -0.05) is 24.3 Å². The van der Waals surface area contributed by atoms with Crippen molar-refractivity contribution in [3.63, 3.8) is 0 Å². The zero-order valence-electron chi connectivity index (χ0n) is 13.9. The summed E-state index contributed by atoms with van der Waals surface area (Å²) in [4.78, 5) is 1.97. The predicted molar refractivity (Wildman–Crippen MR) is 98.4 cm³/mol. The Morgan fingerprint density at radius 3 is 2.52 bits per heavy atom. The molecule has 23 heavy (non-hydrogen) atoms. The van der Waals surface area contributed by atoms with Crippen LogP contribution < -0.4 is 14.8 Å². The first-order valence-corrected chi connectivity index (χ1v) is 7.74. The number of thiocarbonyl (C=S) groups is 1. The molecule has 1 N–H and O–H groups in total. The quantitative estimate of drug-likeness (QED) is 0.843. The first kappa shape index (κ1) is 17.1. The molecule has 2 rings (SSSR count). The number of hydrogen-bond donors (Lipinski definition) is 1. The minimum atomic E-state index is 0.623. The highest BCUT2D eigenvalue weighted by Gasteiger charge is 2.13. The van der Waals surface area contributed by atoms with Gasteiger partial charge in [-0.2, -0.15) is 0 Å². The Bertz CT molecular complexity index is 688. The van der Waals surface area contributed by atoms with E-state index in [1.165, 1.54) is 5.56 Å². The van der Waals surface area contributed by atoms with Gasteiger partial charge in [0.2, 0.25) is 0 Å². The van der Waals surface area contributed by atoms with Crippen LogP contribution in [0.1, 0.15) is 11.1 Å². The van der Waals surface area contributed by atoms with E-state index >= 15 is 0 Å². The summed E-state index contributed by atoms with van der Waals surface area (Å²) in [5.41, 5.74) is 3.19. The van der Waals surface area contributed by atoms with Crippen LogP contribution in [0.2, 0.25) is 0 Å². The molecule has 0 aromatic heterocycles. The molecule has 0 saturated carbocycles. The fraction of sp³-hybridized carbons (Fsp3) is 0.278. The van der Waals surface area contributed by atoms with Crippen molar-refractivity contribution in [2.45, 2.75) is 13.5 Å². The third kappa shape index (κ3) is 4.36. The van der Waals surface area contributed by atoms with E-state index in [9.17, 15) is 0 Å². The van der Waals surface area contributed by atoms with E-state index in [-0.39, 0.29) is 0 Å². The van der Waals surface area contributed by atoms with Crippen LogP contribution in [-0.2, 0) is 6.54 Å². The van der Waals surface area contributed by atoms with E-state index in [0.29, 0.717) is 11.7 Å². The first-order valence-electron chi connectivity index (χ1n) is 7.33. The summed E-state index contributed by atoms with van der Waals surface area (Å²) in [5.74, 6) is 1.45. The molecule has 122 valence electrons. The maximum atomic E-state index is 5.48. The lowest BCUT2D eigenvalue weighted by Crippen LogP contribution is -2.30. The molecule has 0 fully saturated rings. The molecule has 0 atom stereocenters. The monoisotopic (exact) mass is 330 g/mol.